The van der Waals surface area contributed by atoms with Crippen LogP contribution in [-0.2, 0) is 19.4 Å². The second kappa shape index (κ2) is 12.0. The summed E-state index contributed by atoms with van der Waals surface area (Å²) in [6, 6.07) is 18.1. The third kappa shape index (κ3) is 6.08. The number of carbonyl (C=O) groups excluding carboxylic acids is 1. The fourth-order valence-corrected chi connectivity index (χ4v) is 8.49. The SMILES string of the molecule is CC[C@]1(CC(=O)O)CC(c2cccc(Cl)c2)[C@@H](c2ccc(Cl)cc2)N([C@H](CS(=O)(=O)c2ccccc2F)C2CC2)C1=O. The summed E-state index contributed by atoms with van der Waals surface area (Å²) in [5, 5.41) is 11.0. The number of nitrogens with zero attached hydrogens (tertiary/aromatic N) is 1. The van der Waals surface area contributed by atoms with Crippen molar-refractivity contribution in [3.8, 4) is 0 Å². The maximum atomic E-state index is 14.7. The number of likely N-dealkylation sites (tertiary alicyclic amines) is 1. The van der Waals surface area contributed by atoms with E-state index in [9.17, 15) is 27.5 Å². The van der Waals surface area contributed by atoms with Crippen LogP contribution in [0.1, 0.15) is 62.1 Å². The van der Waals surface area contributed by atoms with Crippen LogP contribution in [0.25, 0.3) is 0 Å². The summed E-state index contributed by atoms with van der Waals surface area (Å²) in [5.74, 6) is -3.38. The molecule has 2 fully saturated rings. The number of sulfone groups is 1. The fraction of sp³-hybridized carbons (Fsp3) is 0.375. The Morgan fingerprint density at radius 2 is 1.71 bits per heavy atom. The van der Waals surface area contributed by atoms with Gasteiger partial charge in [0.15, 0.2) is 9.84 Å². The topological polar surface area (TPSA) is 91.8 Å². The molecule has 1 unspecified atom stereocenters. The zero-order chi connectivity index (χ0) is 30.2. The molecule has 6 nitrogen and oxygen atoms in total. The van der Waals surface area contributed by atoms with Gasteiger partial charge in [-0.1, -0.05) is 66.5 Å². The Morgan fingerprint density at radius 1 is 1.02 bits per heavy atom. The van der Waals surface area contributed by atoms with Gasteiger partial charge in [-0.05, 0) is 79.1 Å². The van der Waals surface area contributed by atoms with Crippen LogP contribution in [-0.4, -0.2) is 42.1 Å². The average Bonchev–Trinajstić information content (AvgIpc) is 3.79. The van der Waals surface area contributed by atoms with Gasteiger partial charge in [0.05, 0.1) is 23.6 Å². The molecule has 5 rings (SSSR count). The number of carboxylic acids is 1. The number of halogens is 3. The molecule has 3 aromatic carbocycles. The van der Waals surface area contributed by atoms with Crippen molar-refractivity contribution in [1.82, 2.24) is 4.90 Å². The van der Waals surface area contributed by atoms with Crippen molar-refractivity contribution in [3.05, 3.63) is 99.8 Å². The van der Waals surface area contributed by atoms with Crippen molar-refractivity contribution >= 4 is 44.9 Å². The number of rotatable bonds is 10. The molecule has 2 aliphatic rings. The zero-order valence-electron chi connectivity index (χ0n) is 23.0. The average molecular weight is 633 g/mol. The predicted molar refractivity (Wildman–Crippen MR) is 160 cm³/mol. The molecule has 222 valence electrons. The first-order valence-electron chi connectivity index (χ1n) is 14.0. The lowest BCUT2D eigenvalue weighted by atomic mass is 9.65. The van der Waals surface area contributed by atoms with Crippen LogP contribution < -0.4 is 0 Å². The highest BCUT2D eigenvalue weighted by molar-refractivity contribution is 7.91. The van der Waals surface area contributed by atoms with Crippen LogP contribution in [0.15, 0.2) is 77.7 Å². The van der Waals surface area contributed by atoms with Gasteiger partial charge in [0.25, 0.3) is 0 Å². The molecule has 1 saturated heterocycles. The number of aliphatic carboxylic acids is 1. The van der Waals surface area contributed by atoms with Crippen molar-refractivity contribution in [3.63, 3.8) is 0 Å². The normalized spacial score (nSPS) is 23.5. The van der Waals surface area contributed by atoms with E-state index in [1.165, 1.54) is 18.2 Å². The Balaban J connectivity index is 1.72. The molecule has 1 saturated carbocycles. The molecule has 3 aromatic rings. The third-order valence-corrected chi connectivity index (χ3v) is 11.0. The lowest BCUT2D eigenvalue weighted by Crippen LogP contribution is -2.58. The van der Waals surface area contributed by atoms with Crippen LogP contribution in [0.4, 0.5) is 4.39 Å². The van der Waals surface area contributed by atoms with E-state index in [1.54, 1.807) is 30.0 Å². The van der Waals surface area contributed by atoms with Gasteiger partial charge in [0.2, 0.25) is 5.91 Å². The minimum Gasteiger partial charge on any atom is -0.481 e. The Bertz CT molecular complexity index is 1590. The van der Waals surface area contributed by atoms with Crippen LogP contribution >= 0.6 is 23.2 Å². The maximum Gasteiger partial charge on any atom is 0.304 e. The lowest BCUT2D eigenvalue weighted by molar-refractivity contribution is -0.162. The summed E-state index contributed by atoms with van der Waals surface area (Å²) in [6.45, 7) is 1.79. The van der Waals surface area contributed by atoms with Crippen LogP contribution in [0.3, 0.4) is 0 Å². The lowest BCUT2D eigenvalue weighted by Gasteiger charge is -2.53. The van der Waals surface area contributed by atoms with Crippen molar-refractivity contribution < 1.29 is 27.5 Å². The summed E-state index contributed by atoms with van der Waals surface area (Å²) < 4.78 is 42.2. The fourth-order valence-electron chi connectivity index (χ4n) is 6.45. The quantitative estimate of drug-likeness (QED) is 0.253. The largest absolute Gasteiger partial charge is 0.481 e. The van der Waals surface area contributed by atoms with Gasteiger partial charge in [0, 0.05) is 22.0 Å². The molecule has 1 aliphatic heterocycles. The number of amides is 1. The number of carboxylic acid groups (broad SMARTS) is 1. The Labute approximate surface area is 255 Å². The number of piperidine rings is 1. The second-order valence-electron chi connectivity index (χ2n) is 11.4. The maximum absolute atomic E-state index is 14.7. The molecule has 4 atom stereocenters. The monoisotopic (exact) mass is 631 g/mol. The highest BCUT2D eigenvalue weighted by Crippen LogP contribution is 2.55. The minimum absolute atomic E-state index is 0.136. The minimum atomic E-state index is -4.16. The molecular formula is C32H32Cl2FNO5S. The number of hydrogen-bond donors (Lipinski definition) is 1. The third-order valence-electron chi connectivity index (χ3n) is 8.72. The van der Waals surface area contributed by atoms with Gasteiger partial charge in [-0.25, -0.2) is 12.8 Å². The van der Waals surface area contributed by atoms with Gasteiger partial charge in [-0.3, -0.25) is 9.59 Å². The van der Waals surface area contributed by atoms with Crippen molar-refractivity contribution in [2.75, 3.05) is 5.75 Å². The summed E-state index contributed by atoms with van der Waals surface area (Å²) in [4.78, 5) is 28.1. The van der Waals surface area contributed by atoms with E-state index < -0.39 is 68.0 Å². The Morgan fingerprint density at radius 3 is 2.31 bits per heavy atom. The molecule has 1 aliphatic carbocycles. The highest BCUT2D eigenvalue weighted by Gasteiger charge is 2.56. The Hall–Kier alpha value is -2.94. The van der Waals surface area contributed by atoms with E-state index in [1.807, 2.05) is 30.3 Å². The van der Waals surface area contributed by atoms with E-state index in [0.29, 0.717) is 22.9 Å². The summed E-state index contributed by atoms with van der Waals surface area (Å²) in [6.07, 6.45) is 1.48. The molecule has 1 amide bonds. The number of hydrogen-bond acceptors (Lipinski definition) is 4. The molecule has 1 N–H and O–H groups in total. The zero-order valence-corrected chi connectivity index (χ0v) is 25.4. The van der Waals surface area contributed by atoms with Crippen LogP contribution in [0.5, 0.6) is 0 Å². The van der Waals surface area contributed by atoms with Crippen molar-refractivity contribution in [1.29, 1.82) is 0 Å². The molecule has 0 aromatic heterocycles. The molecule has 42 heavy (non-hydrogen) atoms. The van der Waals surface area contributed by atoms with Gasteiger partial charge < -0.3 is 10.0 Å². The Kier molecular flexibility index (Phi) is 8.70. The van der Waals surface area contributed by atoms with Crippen LogP contribution in [0, 0.1) is 17.2 Å². The van der Waals surface area contributed by atoms with E-state index in [0.717, 1.165) is 17.2 Å². The molecule has 0 radical (unpaired) electrons. The summed E-state index contributed by atoms with van der Waals surface area (Å²) >= 11 is 12.6. The van der Waals surface area contributed by atoms with E-state index in [-0.39, 0.29) is 18.8 Å². The standard InChI is InChI=1S/C32H32Cl2FNO5S/c1-2-32(18-29(37)38)17-25(22-6-5-7-24(34)16-22)30(21-12-14-23(33)15-13-21)36(31(32)39)27(20-10-11-20)19-42(40,41)28-9-4-3-8-26(28)35/h3-9,12-16,20,25,27,30H,2,10-11,17-19H2,1H3,(H,37,38)/t25?,27-,30-,32-/m1/s1. The number of benzene rings is 3. The van der Waals surface area contributed by atoms with E-state index >= 15 is 0 Å². The first-order valence-corrected chi connectivity index (χ1v) is 16.4. The van der Waals surface area contributed by atoms with E-state index in [4.69, 9.17) is 23.2 Å². The van der Waals surface area contributed by atoms with Crippen molar-refractivity contribution in [2.24, 2.45) is 11.3 Å². The summed E-state index contributed by atoms with van der Waals surface area (Å²) in [7, 11) is -4.16. The number of carbonyl (C=O) groups is 2. The van der Waals surface area contributed by atoms with Gasteiger partial charge in [-0.15, -0.1) is 0 Å². The summed E-state index contributed by atoms with van der Waals surface area (Å²) in [5.41, 5.74) is 0.276. The van der Waals surface area contributed by atoms with Gasteiger partial charge in [-0.2, -0.15) is 0 Å². The molecular weight excluding hydrogens is 600 g/mol. The smallest absolute Gasteiger partial charge is 0.304 e. The highest BCUT2D eigenvalue weighted by atomic mass is 35.5. The molecule has 1 heterocycles. The van der Waals surface area contributed by atoms with E-state index in [2.05, 4.69) is 0 Å². The first kappa shape index (κ1) is 30.5. The molecule has 0 spiro atoms. The van der Waals surface area contributed by atoms with Gasteiger partial charge in [0.1, 0.15) is 10.7 Å². The molecule has 0 bridgehead atoms. The molecule has 10 heteroatoms. The predicted octanol–water partition coefficient (Wildman–Crippen LogP) is 7.31. The van der Waals surface area contributed by atoms with Gasteiger partial charge >= 0.3 is 5.97 Å². The first-order chi connectivity index (χ1) is 20.0. The second-order valence-corrected chi connectivity index (χ2v) is 14.3. The van der Waals surface area contributed by atoms with Crippen molar-refractivity contribution in [2.45, 2.75) is 61.9 Å². The van der Waals surface area contributed by atoms with Crippen LogP contribution in [0.2, 0.25) is 10.0 Å².